The van der Waals surface area contributed by atoms with Crippen molar-refractivity contribution in [2.75, 3.05) is 33.8 Å². The van der Waals surface area contributed by atoms with Gasteiger partial charge in [0.05, 0.1) is 7.11 Å². The summed E-state index contributed by atoms with van der Waals surface area (Å²) in [5.74, 6) is 0.981. The summed E-state index contributed by atoms with van der Waals surface area (Å²) in [4.78, 5) is 30.5. The van der Waals surface area contributed by atoms with E-state index in [-0.39, 0.29) is 17.3 Å². The fourth-order valence-corrected chi connectivity index (χ4v) is 11.1. The standard InChI is InChI=1S/C34H39N5O3S.C2H6/c1-4-36(2)39(34(41)35-22-26-17-19-29(42-3)20-18-26)32-24-37-23-30(27-12-7-5-8-13-27)31-16-11-21-43(31,37)33(38(32)25-40)28-14-9-6-10-15-28;1-2/h5-21,25,30,32-33H,4,22-24H2,1-3H3,(H,35,41);1-2H3/t30?,32?,33-,43?;/m1./s1. The van der Waals surface area contributed by atoms with E-state index in [0.29, 0.717) is 19.6 Å². The van der Waals surface area contributed by atoms with E-state index in [2.05, 4.69) is 69.6 Å². The van der Waals surface area contributed by atoms with Gasteiger partial charge in [0.15, 0.2) is 0 Å². The van der Waals surface area contributed by atoms with Gasteiger partial charge in [0.25, 0.3) is 0 Å². The molecule has 4 atom stereocenters. The predicted octanol–water partition coefficient (Wildman–Crippen LogP) is 5.96. The normalized spacial score (nSPS) is 23.4. The van der Waals surface area contributed by atoms with Gasteiger partial charge in [-0.05, 0) is 39.1 Å². The molecule has 3 heterocycles. The Labute approximate surface area is 268 Å². The minimum absolute atomic E-state index is 0.214. The predicted molar refractivity (Wildman–Crippen MR) is 186 cm³/mol. The van der Waals surface area contributed by atoms with E-state index in [1.165, 1.54) is 10.4 Å². The topological polar surface area (TPSA) is 68.4 Å². The molecule has 0 aromatic heterocycles. The first-order valence-corrected chi connectivity index (χ1v) is 17.4. The molecule has 3 aliphatic rings. The monoisotopic (exact) mass is 627 g/mol. The van der Waals surface area contributed by atoms with Crippen LogP contribution in [0.1, 0.15) is 48.8 Å². The SMILES string of the molecule is CC.CCN(C)N(C(=O)NCc1ccc(OC)cc1)C1CN2CC(c3ccccc3)C3=S2(=CC=C3)[C@H](c2ccccc2)N1C=O. The van der Waals surface area contributed by atoms with Gasteiger partial charge in [-0.1, -0.05) is 106 Å². The Kier molecular flexibility index (Phi) is 10.3. The number of nitrogens with zero attached hydrogens (tertiary/aromatic N) is 4. The van der Waals surface area contributed by atoms with Gasteiger partial charge < -0.3 is 15.0 Å². The summed E-state index contributed by atoms with van der Waals surface area (Å²) < 4.78 is 7.84. The highest BCUT2D eigenvalue weighted by atomic mass is 32.2. The van der Waals surface area contributed by atoms with Crippen molar-refractivity contribution in [3.8, 4) is 5.75 Å². The lowest BCUT2D eigenvalue weighted by Gasteiger charge is -2.53. The second-order valence-electron chi connectivity index (χ2n) is 11.0. The fraction of sp³-hybridized carbons (Fsp3) is 0.333. The number of rotatable bonds is 9. The van der Waals surface area contributed by atoms with Gasteiger partial charge in [0.1, 0.15) is 17.3 Å². The average molecular weight is 628 g/mol. The van der Waals surface area contributed by atoms with Crippen molar-refractivity contribution in [2.24, 2.45) is 0 Å². The van der Waals surface area contributed by atoms with Crippen molar-refractivity contribution < 1.29 is 14.3 Å². The number of urea groups is 1. The summed E-state index contributed by atoms with van der Waals surface area (Å²) in [6.07, 6.45) is 4.88. The Hall–Kier alpha value is -4.05. The molecule has 3 aromatic carbocycles. The summed E-state index contributed by atoms with van der Waals surface area (Å²) in [6, 6.07) is 28.3. The minimum atomic E-state index is -1.73. The molecule has 3 aliphatic heterocycles. The zero-order chi connectivity index (χ0) is 32.0. The maximum absolute atomic E-state index is 14.0. The number of hydrogen-bond acceptors (Lipinski definition) is 5. The number of hydrazine groups is 1. The van der Waals surface area contributed by atoms with Crippen LogP contribution < -0.4 is 10.1 Å². The lowest BCUT2D eigenvalue weighted by atomic mass is 9.95. The van der Waals surface area contributed by atoms with E-state index >= 15 is 0 Å². The molecule has 238 valence electrons. The van der Waals surface area contributed by atoms with Crippen molar-refractivity contribution >= 4 is 32.1 Å². The molecule has 9 heteroatoms. The number of carbonyl (C=O) groups excluding carboxylic acids is 2. The molecule has 1 spiro atoms. The lowest BCUT2D eigenvalue weighted by molar-refractivity contribution is -0.133. The molecule has 8 nitrogen and oxygen atoms in total. The van der Waals surface area contributed by atoms with Crippen molar-refractivity contribution in [3.05, 3.63) is 114 Å². The highest BCUT2D eigenvalue weighted by molar-refractivity contribution is 8.29. The Morgan fingerprint density at radius 3 is 2.22 bits per heavy atom. The number of amides is 3. The zero-order valence-electron chi connectivity index (χ0n) is 26.9. The molecular weight excluding hydrogens is 582 g/mol. The number of carbonyl (C=O) groups is 2. The van der Waals surface area contributed by atoms with Crippen LogP contribution in [0.15, 0.2) is 97.1 Å². The highest BCUT2D eigenvalue weighted by Gasteiger charge is 2.50. The minimum Gasteiger partial charge on any atom is -0.497 e. The van der Waals surface area contributed by atoms with Crippen LogP contribution >= 0.6 is 9.39 Å². The number of allylic oxidation sites excluding steroid dienone is 2. The summed E-state index contributed by atoms with van der Waals surface area (Å²) in [7, 11) is 1.81. The molecular formula is C36H45N5O3S. The molecule has 1 saturated heterocycles. The molecule has 1 N–H and O–H groups in total. The van der Waals surface area contributed by atoms with Gasteiger partial charge in [-0.25, -0.2) is 14.8 Å². The van der Waals surface area contributed by atoms with Gasteiger partial charge in [-0.15, -0.1) is 9.39 Å². The zero-order valence-corrected chi connectivity index (χ0v) is 27.7. The van der Waals surface area contributed by atoms with Crippen LogP contribution in [0.5, 0.6) is 5.75 Å². The lowest BCUT2D eigenvalue weighted by Crippen LogP contribution is -2.65. The number of methoxy groups -OCH3 is 1. The number of benzene rings is 3. The molecule has 0 bridgehead atoms. The number of ether oxygens (including phenoxy) is 1. The van der Waals surface area contributed by atoms with E-state index in [9.17, 15) is 9.59 Å². The van der Waals surface area contributed by atoms with E-state index in [4.69, 9.17) is 4.74 Å². The summed E-state index contributed by atoms with van der Waals surface area (Å²) >= 11 is 0. The van der Waals surface area contributed by atoms with E-state index in [1.807, 2.05) is 80.2 Å². The Morgan fingerprint density at radius 1 is 0.978 bits per heavy atom. The molecule has 1 fully saturated rings. The van der Waals surface area contributed by atoms with E-state index < -0.39 is 15.6 Å². The van der Waals surface area contributed by atoms with E-state index in [0.717, 1.165) is 29.8 Å². The van der Waals surface area contributed by atoms with Crippen LogP contribution in [0.25, 0.3) is 0 Å². The van der Waals surface area contributed by atoms with Gasteiger partial charge >= 0.3 is 6.03 Å². The second-order valence-corrected chi connectivity index (χ2v) is 14.1. The van der Waals surface area contributed by atoms with Gasteiger partial charge in [0, 0.05) is 39.1 Å². The molecule has 3 aromatic rings. The van der Waals surface area contributed by atoms with Gasteiger partial charge in [-0.3, -0.25) is 9.10 Å². The molecule has 0 saturated carbocycles. The fourth-order valence-electron chi connectivity index (χ4n) is 6.55. The molecule has 3 unspecified atom stereocenters. The highest BCUT2D eigenvalue weighted by Crippen LogP contribution is 2.59. The van der Waals surface area contributed by atoms with Crippen LogP contribution in [-0.2, 0) is 11.3 Å². The van der Waals surface area contributed by atoms with Crippen molar-refractivity contribution in [3.63, 3.8) is 0 Å². The first-order valence-electron chi connectivity index (χ1n) is 15.7. The van der Waals surface area contributed by atoms with Crippen molar-refractivity contribution in [2.45, 2.75) is 44.8 Å². The van der Waals surface area contributed by atoms with Crippen LogP contribution in [0, 0.1) is 0 Å². The number of nitrogens with one attached hydrogen (secondary N) is 1. The van der Waals surface area contributed by atoms with Gasteiger partial charge in [0.2, 0.25) is 6.41 Å². The largest absolute Gasteiger partial charge is 0.497 e. The molecule has 0 radical (unpaired) electrons. The maximum Gasteiger partial charge on any atom is 0.334 e. The van der Waals surface area contributed by atoms with Crippen LogP contribution in [0.4, 0.5) is 4.79 Å². The summed E-state index contributed by atoms with van der Waals surface area (Å²) in [6.45, 7) is 8.35. The Balaban J connectivity index is 0.00000196. The second kappa shape index (κ2) is 14.4. The third kappa shape index (κ3) is 6.00. The van der Waals surface area contributed by atoms with Crippen LogP contribution in [-0.4, -0.2) is 81.9 Å². The van der Waals surface area contributed by atoms with Crippen molar-refractivity contribution in [1.29, 1.82) is 0 Å². The Morgan fingerprint density at radius 2 is 1.62 bits per heavy atom. The number of hydrogen-bond donors (Lipinski definition) is 1. The Bertz CT molecular complexity index is 1620. The average Bonchev–Trinajstić information content (AvgIpc) is 3.66. The third-order valence-electron chi connectivity index (χ3n) is 8.73. The maximum atomic E-state index is 14.0. The van der Waals surface area contributed by atoms with Gasteiger partial charge in [-0.2, -0.15) is 0 Å². The quantitative estimate of drug-likeness (QED) is 0.180. The molecule has 0 aliphatic carbocycles. The first-order chi connectivity index (χ1) is 22.0. The summed E-state index contributed by atoms with van der Waals surface area (Å²) in [5.41, 5.74) is 3.31. The summed E-state index contributed by atoms with van der Waals surface area (Å²) in [5, 5.41) is 8.85. The van der Waals surface area contributed by atoms with Crippen LogP contribution in [0.3, 0.4) is 0 Å². The van der Waals surface area contributed by atoms with E-state index in [1.54, 1.807) is 12.1 Å². The first kappa shape index (κ1) is 32.3. The molecule has 3 amide bonds. The van der Waals surface area contributed by atoms with Crippen LogP contribution in [0.2, 0.25) is 0 Å². The van der Waals surface area contributed by atoms with Crippen molar-refractivity contribution in [1.82, 2.24) is 24.5 Å². The smallest absolute Gasteiger partial charge is 0.334 e. The molecule has 45 heavy (non-hydrogen) atoms. The molecule has 6 rings (SSSR count). The third-order valence-corrected chi connectivity index (χ3v) is 12.8.